The topological polar surface area (TPSA) is 12.0 Å². The van der Waals surface area contributed by atoms with Crippen molar-refractivity contribution in [1.82, 2.24) is 5.32 Å². The Morgan fingerprint density at radius 3 is 2.53 bits per heavy atom. The van der Waals surface area contributed by atoms with Crippen molar-refractivity contribution in [2.45, 2.75) is 32.6 Å². The van der Waals surface area contributed by atoms with Crippen LogP contribution >= 0.6 is 0 Å². The van der Waals surface area contributed by atoms with Gasteiger partial charge in [0.05, 0.1) is 0 Å². The Hall–Kier alpha value is -0.960. The number of halogens is 2. The number of hydrogen-bond donors (Lipinski definition) is 1. The fourth-order valence-electron chi connectivity index (χ4n) is 2.57. The maximum atomic E-state index is 13.1. The summed E-state index contributed by atoms with van der Waals surface area (Å²) >= 11 is 0. The van der Waals surface area contributed by atoms with Crippen molar-refractivity contribution in [3.05, 3.63) is 35.4 Å². The minimum atomic E-state index is -0.761. The molecule has 1 fully saturated rings. The van der Waals surface area contributed by atoms with Gasteiger partial charge >= 0.3 is 0 Å². The molecule has 94 valence electrons. The lowest BCUT2D eigenvalue weighted by Crippen LogP contribution is -2.41. The Labute approximate surface area is 101 Å². The molecule has 1 N–H and O–H groups in total. The Morgan fingerprint density at radius 2 is 2.00 bits per heavy atom. The van der Waals surface area contributed by atoms with Gasteiger partial charge in [-0.1, -0.05) is 19.4 Å². The van der Waals surface area contributed by atoms with Crippen LogP contribution in [0.3, 0.4) is 0 Å². The van der Waals surface area contributed by atoms with Crippen LogP contribution in [0.4, 0.5) is 8.78 Å². The molecule has 1 aliphatic carbocycles. The molecule has 0 saturated heterocycles. The molecule has 0 spiro atoms. The zero-order valence-electron chi connectivity index (χ0n) is 10.2. The summed E-state index contributed by atoms with van der Waals surface area (Å²) < 4.78 is 26.0. The number of nitrogens with one attached hydrogen (secondary N) is 1. The molecule has 1 saturated carbocycles. The van der Waals surface area contributed by atoms with Crippen LogP contribution in [0.2, 0.25) is 0 Å². The first-order valence-corrected chi connectivity index (χ1v) is 6.30. The van der Waals surface area contributed by atoms with E-state index in [4.69, 9.17) is 0 Å². The monoisotopic (exact) mass is 239 g/mol. The highest BCUT2D eigenvalue weighted by atomic mass is 19.2. The molecule has 0 bridgehead atoms. The lowest BCUT2D eigenvalue weighted by molar-refractivity contribution is 0.131. The molecule has 0 atom stereocenters. The molecule has 0 radical (unpaired) electrons. The molecule has 0 heterocycles. The standard InChI is InChI=1S/C14H19F2N/c1-2-17-10-14(6-3-7-14)9-11-4-5-12(15)13(16)8-11/h4-5,8,17H,2-3,6-7,9-10H2,1H3. The largest absolute Gasteiger partial charge is 0.316 e. The normalized spacial score (nSPS) is 17.8. The molecule has 3 heteroatoms. The molecule has 1 aromatic carbocycles. The second kappa shape index (κ2) is 5.13. The lowest BCUT2D eigenvalue weighted by atomic mass is 9.65. The van der Waals surface area contributed by atoms with Gasteiger partial charge in [-0.15, -0.1) is 0 Å². The molecule has 1 aliphatic rings. The predicted molar refractivity (Wildman–Crippen MR) is 64.9 cm³/mol. The minimum Gasteiger partial charge on any atom is -0.316 e. The predicted octanol–water partition coefficient (Wildman–Crippen LogP) is 3.29. The van der Waals surface area contributed by atoms with Crippen molar-refractivity contribution in [3.8, 4) is 0 Å². The second-order valence-electron chi connectivity index (χ2n) is 5.06. The molecule has 1 nitrogen and oxygen atoms in total. The summed E-state index contributed by atoms with van der Waals surface area (Å²) in [5.74, 6) is -1.50. The van der Waals surface area contributed by atoms with E-state index in [2.05, 4.69) is 12.2 Å². The van der Waals surface area contributed by atoms with Crippen molar-refractivity contribution in [3.63, 3.8) is 0 Å². The van der Waals surface area contributed by atoms with Gasteiger partial charge in [0.2, 0.25) is 0 Å². The minimum absolute atomic E-state index is 0.264. The maximum Gasteiger partial charge on any atom is 0.159 e. The van der Waals surface area contributed by atoms with Crippen molar-refractivity contribution >= 4 is 0 Å². The highest BCUT2D eigenvalue weighted by Crippen LogP contribution is 2.43. The summed E-state index contributed by atoms with van der Waals surface area (Å²) in [5.41, 5.74) is 1.17. The average Bonchev–Trinajstić information content (AvgIpc) is 2.27. The summed E-state index contributed by atoms with van der Waals surface area (Å²) in [5, 5.41) is 3.37. The van der Waals surface area contributed by atoms with Gasteiger partial charge in [-0.3, -0.25) is 0 Å². The van der Waals surface area contributed by atoms with Crippen molar-refractivity contribution < 1.29 is 8.78 Å². The third kappa shape index (κ3) is 2.83. The first-order valence-electron chi connectivity index (χ1n) is 6.30. The van der Waals surface area contributed by atoms with Crippen LogP contribution in [0.5, 0.6) is 0 Å². The number of benzene rings is 1. The first kappa shape index (κ1) is 12.5. The second-order valence-corrected chi connectivity index (χ2v) is 5.06. The summed E-state index contributed by atoms with van der Waals surface area (Å²) in [6.45, 7) is 4.02. The zero-order valence-corrected chi connectivity index (χ0v) is 10.2. The Kier molecular flexibility index (Phi) is 3.77. The molecule has 0 aliphatic heterocycles. The summed E-state index contributed by atoms with van der Waals surface area (Å²) in [7, 11) is 0. The SMILES string of the molecule is CCNCC1(Cc2ccc(F)c(F)c2)CCC1. The molecule has 0 unspecified atom stereocenters. The highest BCUT2D eigenvalue weighted by molar-refractivity contribution is 5.20. The lowest BCUT2D eigenvalue weighted by Gasteiger charge is -2.42. The molecule has 17 heavy (non-hydrogen) atoms. The van der Waals surface area contributed by atoms with Crippen LogP contribution in [0, 0.1) is 17.0 Å². The smallest absolute Gasteiger partial charge is 0.159 e. The van der Waals surface area contributed by atoms with E-state index in [1.165, 1.54) is 31.4 Å². The summed E-state index contributed by atoms with van der Waals surface area (Å²) in [6.07, 6.45) is 4.45. The van der Waals surface area contributed by atoms with E-state index in [9.17, 15) is 8.78 Å². The van der Waals surface area contributed by atoms with Crippen LogP contribution < -0.4 is 5.32 Å². The van der Waals surface area contributed by atoms with Gasteiger partial charge < -0.3 is 5.32 Å². The Morgan fingerprint density at radius 1 is 1.24 bits per heavy atom. The van der Waals surface area contributed by atoms with E-state index >= 15 is 0 Å². The molecule has 2 rings (SSSR count). The van der Waals surface area contributed by atoms with Crippen LogP contribution in [-0.4, -0.2) is 13.1 Å². The van der Waals surface area contributed by atoms with Crippen molar-refractivity contribution in [1.29, 1.82) is 0 Å². The van der Waals surface area contributed by atoms with Crippen LogP contribution in [0.1, 0.15) is 31.7 Å². The van der Waals surface area contributed by atoms with Crippen LogP contribution in [-0.2, 0) is 6.42 Å². The van der Waals surface area contributed by atoms with Gasteiger partial charge in [-0.2, -0.15) is 0 Å². The molecule has 1 aromatic rings. The van der Waals surface area contributed by atoms with E-state index in [0.29, 0.717) is 0 Å². The summed E-state index contributed by atoms with van der Waals surface area (Å²) in [4.78, 5) is 0. The van der Waals surface area contributed by atoms with E-state index in [-0.39, 0.29) is 5.41 Å². The molecule has 0 amide bonds. The van der Waals surface area contributed by atoms with Crippen molar-refractivity contribution in [2.75, 3.05) is 13.1 Å². The third-order valence-electron chi connectivity index (χ3n) is 3.73. The zero-order chi connectivity index (χ0) is 12.3. The van der Waals surface area contributed by atoms with Crippen molar-refractivity contribution in [2.24, 2.45) is 5.41 Å². The van der Waals surface area contributed by atoms with Gasteiger partial charge in [-0.25, -0.2) is 8.78 Å². The first-order chi connectivity index (χ1) is 8.15. The molecular weight excluding hydrogens is 220 g/mol. The fourth-order valence-corrected chi connectivity index (χ4v) is 2.57. The van der Waals surface area contributed by atoms with Gasteiger partial charge in [-0.05, 0) is 48.9 Å². The van der Waals surface area contributed by atoms with Gasteiger partial charge in [0, 0.05) is 6.54 Å². The average molecular weight is 239 g/mol. The Bertz CT molecular complexity index is 386. The molecule has 0 aromatic heterocycles. The number of hydrogen-bond acceptors (Lipinski definition) is 1. The quantitative estimate of drug-likeness (QED) is 0.831. The van der Waals surface area contributed by atoms with Gasteiger partial charge in [0.15, 0.2) is 11.6 Å². The van der Waals surface area contributed by atoms with Gasteiger partial charge in [0.1, 0.15) is 0 Å². The third-order valence-corrected chi connectivity index (χ3v) is 3.73. The fraction of sp³-hybridized carbons (Fsp3) is 0.571. The van der Waals surface area contributed by atoms with E-state index in [1.807, 2.05) is 0 Å². The van der Waals surface area contributed by atoms with Crippen LogP contribution in [0.15, 0.2) is 18.2 Å². The summed E-state index contributed by atoms with van der Waals surface area (Å²) in [6, 6.07) is 4.26. The van der Waals surface area contributed by atoms with E-state index in [0.717, 1.165) is 25.1 Å². The molecular formula is C14H19F2N. The van der Waals surface area contributed by atoms with E-state index in [1.54, 1.807) is 6.07 Å². The Balaban J connectivity index is 2.05. The number of rotatable bonds is 5. The highest BCUT2D eigenvalue weighted by Gasteiger charge is 2.36. The van der Waals surface area contributed by atoms with E-state index < -0.39 is 11.6 Å². The van der Waals surface area contributed by atoms with Gasteiger partial charge in [0.25, 0.3) is 0 Å². The van der Waals surface area contributed by atoms with Crippen LogP contribution in [0.25, 0.3) is 0 Å². The maximum absolute atomic E-state index is 13.1.